The normalized spacial score (nSPS) is 12.4. The van der Waals surface area contributed by atoms with Crippen LogP contribution in [0.25, 0.3) is 10.1 Å². The van der Waals surface area contributed by atoms with Crippen LogP contribution in [0.2, 0.25) is 0 Å². The van der Waals surface area contributed by atoms with Crippen LogP contribution in [0.1, 0.15) is 4.88 Å². The highest BCUT2D eigenvalue weighted by molar-refractivity contribution is 7.98. The van der Waals surface area contributed by atoms with Gasteiger partial charge < -0.3 is 5.32 Å². The number of sulfonamides is 1. The fourth-order valence-corrected chi connectivity index (χ4v) is 5.78. The molecule has 0 fully saturated rings. The zero-order valence-electron chi connectivity index (χ0n) is 12.4. The third-order valence-corrected chi connectivity index (χ3v) is 7.11. The third kappa shape index (κ3) is 3.43. The van der Waals surface area contributed by atoms with Crippen molar-refractivity contribution in [1.82, 2.24) is 9.62 Å². The van der Waals surface area contributed by atoms with E-state index in [4.69, 9.17) is 0 Å². The Hall–Kier alpha value is -0.600. The average molecular weight is 345 g/mol. The fourth-order valence-electron chi connectivity index (χ4n) is 2.13. The number of hydrogen-bond acceptors (Lipinski definition) is 5. The van der Waals surface area contributed by atoms with Gasteiger partial charge in [-0.1, -0.05) is 18.2 Å². The van der Waals surface area contributed by atoms with E-state index >= 15 is 0 Å². The van der Waals surface area contributed by atoms with Crippen LogP contribution in [0.3, 0.4) is 0 Å². The number of fused-ring (bicyclic) bond motifs is 1. The lowest BCUT2D eigenvalue weighted by Gasteiger charge is -2.17. The SMILES string of the molecule is CNCc1sc2ccccc2c1S(=O)(=O)N(C)CCSC. The first-order chi connectivity index (χ1) is 10.0. The summed E-state index contributed by atoms with van der Waals surface area (Å²) in [5.41, 5.74) is 0. The molecule has 0 aliphatic rings. The summed E-state index contributed by atoms with van der Waals surface area (Å²) in [6.07, 6.45) is 1.98. The summed E-state index contributed by atoms with van der Waals surface area (Å²) in [6.45, 7) is 1.08. The summed E-state index contributed by atoms with van der Waals surface area (Å²) in [7, 11) is 0.0286. The lowest BCUT2D eigenvalue weighted by Crippen LogP contribution is -2.29. The number of benzene rings is 1. The molecule has 0 amide bonds. The second kappa shape index (κ2) is 7.11. The molecule has 4 nitrogen and oxygen atoms in total. The van der Waals surface area contributed by atoms with E-state index in [1.165, 1.54) is 4.31 Å². The van der Waals surface area contributed by atoms with E-state index in [2.05, 4.69) is 5.32 Å². The Bertz CT molecular complexity index is 710. The van der Waals surface area contributed by atoms with Crippen LogP contribution < -0.4 is 5.32 Å². The van der Waals surface area contributed by atoms with Crippen molar-refractivity contribution in [2.75, 3.05) is 32.6 Å². The fraction of sp³-hybridized carbons (Fsp3) is 0.429. The molecular weight excluding hydrogens is 324 g/mol. The number of rotatable bonds is 7. The van der Waals surface area contributed by atoms with Crippen molar-refractivity contribution >= 4 is 43.2 Å². The van der Waals surface area contributed by atoms with Crippen molar-refractivity contribution in [3.63, 3.8) is 0 Å². The third-order valence-electron chi connectivity index (χ3n) is 3.23. The summed E-state index contributed by atoms with van der Waals surface area (Å²) < 4.78 is 28.3. The average Bonchev–Trinajstić information content (AvgIpc) is 2.83. The molecule has 1 N–H and O–H groups in total. The summed E-state index contributed by atoms with van der Waals surface area (Å²) in [6, 6.07) is 7.69. The molecule has 116 valence electrons. The van der Waals surface area contributed by atoms with Gasteiger partial charge in [-0.05, 0) is 19.4 Å². The number of thiophene rings is 1. The van der Waals surface area contributed by atoms with Gasteiger partial charge in [0.25, 0.3) is 0 Å². The molecular formula is C14H20N2O2S3. The number of nitrogens with one attached hydrogen (secondary N) is 1. The Morgan fingerprint density at radius 2 is 2.05 bits per heavy atom. The molecule has 0 aliphatic carbocycles. The van der Waals surface area contributed by atoms with Gasteiger partial charge in [-0.15, -0.1) is 11.3 Å². The molecule has 0 spiro atoms. The van der Waals surface area contributed by atoms with Crippen molar-refractivity contribution in [3.8, 4) is 0 Å². The van der Waals surface area contributed by atoms with Crippen molar-refractivity contribution in [2.24, 2.45) is 0 Å². The molecule has 0 radical (unpaired) electrons. The van der Waals surface area contributed by atoms with Crippen LogP contribution in [-0.4, -0.2) is 45.4 Å². The Kier molecular flexibility index (Phi) is 5.67. The molecule has 2 aromatic rings. The minimum Gasteiger partial charge on any atom is -0.315 e. The van der Waals surface area contributed by atoms with Gasteiger partial charge in [-0.2, -0.15) is 11.8 Å². The summed E-state index contributed by atoms with van der Waals surface area (Å²) >= 11 is 3.19. The highest BCUT2D eigenvalue weighted by atomic mass is 32.2. The number of thioether (sulfide) groups is 1. The Balaban J connectivity index is 2.55. The van der Waals surface area contributed by atoms with Gasteiger partial charge in [0.2, 0.25) is 10.0 Å². The molecule has 0 atom stereocenters. The van der Waals surface area contributed by atoms with E-state index in [1.54, 1.807) is 30.1 Å². The first kappa shape index (κ1) is 16.8. The van der Waals surface area contributed by atoms with Crippen molar-refractivity contribution < 1.29 is 8.42 Å². The number of nitrogens with zero attached hydrogens (tertiary/aromatic N) is 1. The van der Waals surface area contributed by atoms with Crippen LogP contribution in [0.15, 0.2) is 29.2 Å². The minimum atomic E-state index is -3.46. The van der Waals surface area contributed by atoms with Crippen molar-refractivity contribution in [1.29, 1.82) is 0 Å². The largest absolute Gasteiger partial charge is 0.315 e. The van der Waals surface area contributed by atoms with E-state index in [-0.39, 0.29) is 0 Å². The summed E-state index contributed by atoms with van der Waals surface area (Å²) in [4.78, 5) is 1.33. The minimum absolute atomic E-state index is 0.459. The molecule has 0 bridgehead atoms. The van der Waals surface area contributed by atoms with E-state index in [1.807, 2.05) is 37.6 Å². The standard InChI is InChI=1S/C14H20N2O2S3/c1-15-10-13-14(11-6-4-5-7-12(11)20-13)21(17,18)16(2)8-9-19-3/h4-7,15H,8-10H2,1-3H3. The molecule has 1 aromatic heterocycles. The van der Waals surface area contributed by atoms with Crippen LogP contribution in [0.4, 0.5) is 0 Å². The van der Waals surface area contributed by atoms with Gasteiger partial charge in [0.1, 0.15) is 4.90 Å². The molecule has 0 unspecified atom stereocenters. The second-order valence-corrected chi connectivity index (χ2v) is 8.80. The maximum atomic E-state index is 12.9. The Labute approximate surface area is 134 Å². The zero-order chi connectivity index (χ0) is 15.5. The maximum Gasteiger partial charge on any atom is 0.244 e. The molecule has 0 saturated heterocycles. The molecule has 0 saturated carbocycles. The summed E-state index contributed by atoms with van der Waals surface area (Å²) in [5, 5.41) is 3.89. The predicted octanol–water partition coefficient (Wildman–Crippen LogP) is 2.60. The highest BCUT2D eigenvalue weighted by Crippen LogP contribution is 2.36. The second-order valence-electron chi connectivity index (χ2n) is 4.70. The van der Waals surface area contributed by atoms with Crippen LogP contribution in [0, 0.1) is 0 Å². The maximum absolute atomic E-state index is 12.9. The monoisotopic (exact) mass is 344 g/mol. The smallest absolute Gasteiger partial charge is 0.244 e. The van der Waals surface area contributed by atoms with Crippen molar-refractivity contribution in [2.45, 2.75) is 11.4 Å². The Morgan fingerprint density at radius 3 is 2.71 bits per heavy atom. The van der Waals surface area contributed by atoms with Gasteiger partial charge >= 0.3 is 0 Å². The van der Waals surface area contributed by atoms with E-state index in [9.17, 15) is 8.42 Å². The van der Waals surface area contributed by atoms with Gasteiger partial charge in [0.15, 0.2) is 0 Å². The zero-order valence-corrected chi connectivity index (χ0v) is 14.9. The predicted molar refractivity (Wildman–Crippen MR) is 92.8 cm³/mol. The molecule has 1 heterocycles. The first-order valence-corrected chi connectivity index (χ1v) is 10.3. The van der Waals surface area contributed by atoms with Gasteiger partial charge in [-0.25, -0.2) is 12.7 Å². The first-order valence-electron chi connectivity index (χ1n) is 6.62. The Morgan fingerprint density at radius 1 is 1.33 bits per heavy atom. The van der Waals surface area contributed by atoms with E-state index < -0.39 is 10.0 Å². The molecule has 21 heavy (non-hydrogen) atoms. The summed E-state index contributed by atoms with van der Waals surface area (Å²) in [5.74, 6) is 0.791. The van der Waals surface area contributed by atoms with E-state index in [0.29, 0.717) is 18.0 Å². The van der Waals surface area contributed by atoms with Crippen LogP contribution in [0.5, 0.6) is 0 Å². The van der Waals surface area contributed by atoms with Crippen molar-refractivity contribution in [3.05, 3.63) is 29.1 Å². The van der Waals surface area contributed by atoms with Crippen LogP contribution >= 0.6 is 23.1 Å². The lowest BCUT2D eigenvalue weighted by molar-refractivity contribution is 0.489. The molecule has 2 rings (SSSR count). The van der Waals surface area contributed by atoms with Gasteiger partial charge in [0, 0.05) is 40.9 Å². The quantitative estimate of drug-likeness (QED) is 0.839. The molecule has 1 aromatic carbocycles. The molecule has 7 heteroatoms. The van der Waals surface area contributed by atoms with E-state index in [0.717, 1.165) is 20.7 Å². The van der Waals surface area contributed by atoms with Gasteiger partial charge in [0.05, 0.1) is 0 Å². The number of hydrogen-bond donors (Lipinski definition) is 1. The molecule has 0 aliphatic heterocycles. The topological polar surface area (TPSA) is 49.4 Å². The lowest BCUT2D eigenvalue weighted by atomic mass is 10.2. The van der Waals surface area contributed by atoms with Gasteiger partial charge in [-0.3, -0.25) is 0 Å². The van der Waals surface area contributed by atoms with Crippen LogP contribution in [-0.2, 0) is 16.6 Å². The highest BCUT2D eigenvalue weighted by Gasteiger charge is 2.27.